The molecule has 0 aromatic carbocycles. The van der Waals surface area contributed by atoms with Gasteiger partial charge in [-0.25, -0.2) is 4.98 Å². The molecule has 1 aromatic heterocycles. The van der Waals surface area contributed by atoms with Crippen molar-refractivity contribution in [1.29, 1.82) is 0 Å². The minimum absolute atomic E-state index is 0. The van der Waals surface area contributed by atoms with Crippen molar-refractivity contribution >= 4 is 34.8 Å². The Balaban J connectivity index is 0.00000169. The number of nitrogens with one attached hydrogen (secondary N) is 2. The summed E-state index contributed by atoms with van der Waals surface area (Å²) in [5.41, 5.74) is 1.24. The van der Waals surface area contributed by atoms with Crippen LogP contribution in [-0.2, 0) is 17.6 Å². The van der Waals surface area contributed by atoms with Gasteiger partial charge < -0.3 is 10.6 Å². The molecule has 0 saturated carbocycles. The van der Waals surface area contributed by atoms with Crippen molar-refractivity contribution in [1.82, 2.24) is 10.3 Å². The molecule has 4 rings (SSSR count). The summed E-state index contributed by atoms with van der Waals surface area (Å²) in [6.07, 6.45) is 13.0. The zero-order chi connectivity index (χ0) is 15.6. The van der Waals surface area contributed by atoms with Gasteiger partial charge in [-0.2, -0.15) is 0 Å². The standard InChI is InChI=1S/C18H27N3OS.ClH/c22-17(11-12-9-13-7-8-14(10-12)19-13)21-18-20-15-5-3-1-2-4-6-16(15)23-18;/h12-14,19H,1-11H2,(H,20,21,22);1H. The van der Waals surface area contributed by atoms with Crippen LogP contribution in [0.1, 0.15) is 68.4 Å². The lowest BCUT2D eigenvalue weighted by Gasteiger charge is -2.28. The van der Waals surface area contributed by atoms with Crippen LogP contribution in [0.2, 0.25) is 0 Å². The maximum absolute atomic E-state index is 12.4. The van der Waals surface area contributed by atoms with E-state index < -0.39 is 0 Å². The smallest absolute Gasteiger partial charge is 0.226 e. The number of amides is 1. The summed E-state index contributed by atoms with van der Waals surface area (Å²) >= 11 is 1.71. The Bertz CT molecular complexity index is 539. The summed E-state index contributed by atoms with van der Waals surface area (Å²) in [5, 5.41) is 7.56. The molecule has 2 atom stereocenters. The van der Waals surface area contributed by atoms with Gasteiger partial charge in [0.1, 0.15) is 0 Å². The first-order chi connectivity index (χ1) is 11.3. The molecule has 24 heavy (non-hydrogen) atoms. The second-order valence-corrected chi connectivity index (χ2v) is 8.61. The van der Waals surface area contributed by atoms with Gasteiger partial charge in [-0.1, -0.05) is 12.8 Å². The minimum Gasteiger partial charge on any atom is -0.311 e. The number of carbonyl (C=O) groups excluding carboxylic acids is 1. The van der Waals surface area contributed by atoms with E-state index in [0.717, 1.165) is 30.8 Å². The molecule has 6 heteroatoms. The van der Waals surface area contributed by atoms with E-state index in [9.17, 15) is 4.79 Å². The lowest BCUT2D eigenvalue weighted by atomic mass is 9.89. The van der Waals surface area contributed by atoms with Crippen LogP contribution in [0.4, 0.5) is 5.13 Å². The molecule has 2 fully saturated rings. The van der Waals surface area contributed by atoms with Crippen LogP contribution in [0.5, 0.6) is 0 Å². The van der Waals surface area contributed by atoms with E-state index in [1.54, 1.807) is 11.3 Å². The second kappa shape index (κ2) is 8.15. The van der Waals surface area contributed by atoms with Crippen molar-refractivity contribution in [2.45, 2.75) is 82.7 Å². The van der Waals surface area contributed by atoms with Crippen molar-refractivity contribution in [2.24, 2.45) is 5.92 Å². The highest BCUT2D eigenvalue weighted by molar-refractivity contribution is 7.15. The number of piperidine rings is 1. The molecule has 3 aliphatic rings. The number of thiazole rings is 1. The van der Waals surface area contributed by atoms with E-state index in [0.29, 0.717) is 24.4 Å². The van der Waals surface area contributed by atoms with Crippen LogP contribution in [0, 0.1) is 5.92 Å². The first-order valence-corrected chi connectivity index (χ1v) is 10.1. The molecule has 134 valence electrons. The largest absolute Gasteiger partial charge is 0.311 e. The first-order valence-electron chi connectivity index (χ1n) is 9.31. The van der Waals surface area contributed by atoms with Crippen LogP contribution in [0.15, 0.2) is 0 Å². The molecule has 0 spiro atoms. The molecular weight excluding hydrogens is 342 g/mol. The van der Waals surface area contributed by atoms with E-state index in [-0.39, 0.29) is 18.3 Å². The van der Waals surface area contributed by atoms with Gasteiger partial charge in [0, 0.05) is 23.4 Å². The Labute approximate surface area is 154 Å². The molecular formula is C18H28ClN3OS. The monoisotopic (exact) mass is 369 g/mol. The summed E-state index contributed by atoms with van der Waals surface area (Å²) < 4.78 is 0. The average Bonchev–Trinajstić information content (AvgIpc) is 3.02. The van der Waals surface area contributed by atoms with Crippen LogP contribution in [0.3, 0.4) is 0 Å². The number of hydrogen-bond donors (Lipinski definition) is 2. The fourth-order valence-electron chi connectivity index (χ4n) is 4.53. The van der Waals surface area contributed by atoms with Crippen molar-refractivity contribution in [3.63, 3.8) is 0 Å². The number of aromatic nitrogens is 1. The topological polar surface area (TPSA) is 54.0 Å². The minimum atomic E-state index is 0. The Morgan fingerprint density at radius 2 is 1.83 bits per heavy atom. The zero-order valence-corrected chi connectivity index (χ0v) is 15.8. The third-order valence-corrected chi connectivity index (χ3v) is 6.71. The molecule has 1 aliphatic carbocycles. The van der Waals surface area contributed by atoms with Gasteiger partial charge in [-0.15, -0.1) is 23.7 Å². The third kappa shape index (κ3) is 4.30. The van der Waals surface area contributed by atoms with E-state index in [1.807, 2.05) is 0 Å². The van der Waals surface area contributed by atoms with Crippen molar-refractivity contribution in [2.75, 3.05) is 5.32 Å². The van der Waals surface area contributed by atoms with Gasteiger partial charge in [0.25, 0.3) is 0 Å². The number of aryl methyl sites for hydroxylation is 2. The maximum Gasteiger partial charge on any atom is 0.226 e. The molecule has 0 radical (unpaired) electrons. The van der Waals surface area contributed by atoms with Gasteiger partial charge in [-0.3, -0.25) is 4.79 Å². The second-order valence-electron chi connectivity index (χ2n) is 7.53. The van der Waals surface area contributed by atoms with E-state index in [1.165, 1.54) is 49.1 Å². The third-order valence-electron chi connectivity index (χ3n) is 5.64. The summed E-state index contributed by atoms with van der Waals surface area (Å²) in [7, 11) is 0. The molecule has 2 saturated heterocycles. The molecule has 3 heterocycles. The Morgan fingerprint density at radius 3 is 2.58 bits per heavy atom. The first kappa shape index (κ1) is 18.2. The van der Waals surface area contributed by atoms with Crippen molar-refractivity contribution < 1.29 is 4.79 Å². The van der Waals surface area contributed by atoms with E-state index >= 15 is 0 Å². The van der Waals surface area contributed by atoms with Crippen molar-refractivity contribution in [3.8, 4) is 0 Å². The van der Waals surface area contributed by atoms with Crippen LogP contribution < -0.4 is 10.6 Å². The number of rotatable bonds is 3. The number of carbonyl (C=O) groups is 1. The SMILES string of the molecule is Cl.O=C(CC1CC2CCC(C1)N2)Nc1nc2c(s1)CCCCCC2. The predicted molar refractivity (Wildman–Crippen MR) is 101 cm³/mol. The Morgan fingerprint density at radius 1 is 1.12 bits per heavy atom. The summed E-state index contributed by atoms with van der Waals surface area (Å²) in [5.74, 6) is 0.716. The number of hydrogen-bond acceptors (Lipinski definition) is 4. The van der Waals surface area contributed by atoms with Gasteiger partial charge in [0.05, 0.1) is 5.69 Å². The van der Waals surface area contributed by atoms with Gasteiger partial charge in [0.2, 0.25) is 5.91 Å². The average molecular weight is 370 g/mol. The van der Waals surface area contributed by atoms with E-state index in [4.69, 9.17) is 4.98 Å². The molecule has 2 bridgehead atoms. The van der Waals surface area contributed by atoms with Crippen molar-refractivity contribution in [3.05, 3.63) is 10.6 Å². The molecule has 1 amide bonds. The molecule has 2 aliphatic heterocycles. The lowest BCUT2D eigenvalue weighted by Crippen LogP contribution is -2.39. The number of halogens is 1. The quantitative estimate of drug-likeness (QED) is 0.843. The summed E-state index contributed by atoms with van der Waals surface area (Å²) in [6, 6.07) is 1.32. The fraction of sp³-hybridized carbons (Fsp3) is 0.778. The molecule has 2 N–H and O–H groups in total. The molecule has 1 aromatic rings. The highest BCUT2D eigenvalue weighted by atomic mass is 35.5. The summed E-state index contributed by atoms with van der Waals surface area (Å²) in [6.45, 7) is 0. The fourth-order valence-corrected chi connectivity index (χ4v) is 5.60. The molecule has 2 unspecified atom stereocenters. The molecule has 4 nitrogen and oxygen atoms in total. The highest BCUT2D eigenvalue weighted by Crippen LogP contribution is 2.33. The number of nitrogens with zero attached hydrogens (tertiary/aromatic N) is 1. The van der Waals surface area contributed by atoms with E-state index in [2.05, 4.69) is 10.6 Å². The van der Waals surface area contributed by atoms with Gasteiger partial charge in [-0.05, 0) is 57.3 Å². The number of fused-ring (bicyclic) bond motifs is 3. The Kier molecular flexibility index (Phi) is 6.17. The van der Waals surface area contributed by atoms with Gasteiger partial charge >= 0.3 is 0 Å². The van der Waals surface area contributed by atoms with Crippen LogP contribution in [-0.4, -0.2) is 23.0 Å². The highest BCUT2D eigenvalue weighted by Gasteiger charge is 2.34. The van der Waals surface area contributed by atoms with Crippen LogP contribution >= 0.6 is 23.7 Å². The normalized spacial score (nSPS) is 29.1. The maximum atomic E-state index is 12.4. The van der Waals surface area contributed by atoms with Gasteiger partial charge in [0.15, 0.2) is 5.13 Å². The predicted octanol–water partition coefficient (Wildman–Crippen LogP) is 4.08. The lowest BCUT2D eigenvalue weighted by molar-refractivity contribution is -0.117. The Hall–Kier alpha value is -0.650. The zero-order valence-electron chi connectivity index (χ0n) is 14.2. The number of anilines is 1. The summed E-state index contributed by atoms with van der Waals surface area (Å²) in [4.78, 5) is 18.5. The van der Waals surface area contributed by atoms with Crippen LogP contribution in [0.25, 0.3) is 0 Å².